The molecule has 1 aliphatic rings. The van der Waals surface area contributed by atoms with Crippen LogP contribution in [0.25, 0.3) is 17.4 Å². The minimum Gasteiger partial charge on any atom is -0.507 e. The minimum absolute atomic E-state index is 0.0661. The van der Waals surface area contributed by atoms with Gasteiger partial charge in [0.15, 0.2) is 4.80 Å². The molecule has 0 radical (unpaired) electrons. The number of aromatic nitrogens is 1. The summed E-state index contributed by atoms with van der Waals surface area (Å²) in [7, 11) is 0. The largest absolute Gasteiger partial charge is 0.507 e. The van der Waals surface area contributed by atoms with E-state index in [2.05, 4.69) is 43.5 Å². The predicted molar refractivity (Wildman–Crippen MR) is 153 cm³/mol. The van der Waals surface area contributed by atoms with Gasteiger partial charge >= 0.3 is 5.97 Å². The van der Waals surface area contributed by atoms with E-state index in [-0.39, 0.29) is 23.5 Å². The van der Waals surface area contributed by atoms with E-state index in [1.807, 2.05) is 30.3 Å². The van der Waals surface area contributed by atoms with E-state index in [9.17, 15) is 14.7 Å². The number of nitrogens with zero attached hydrogens (tertiary/aromatic N) is 2. The summed E-state index contributed by atoms with van der Waals surface area (Å²) in [6.45, 7) is 3.63. The average Bonchev–Trinajstić information content (AvgIpc) is 3.46. The highest BCUT2D eigenvalue weighted by molar-refractivity contribution is 14.1. The van der Waals surface area contributed by atoms with Crippen LogP contribution in [0, 0.1) is 3.57 Å². The third-order valence-corrected chi connectivity index (χ3v) is 8.00. The second kappa shape index (κ2) is 10.4. The van der Waals surface area contributed by atoms with Gasteiger partial charge in [0, 0.05) is 19.2 Å². The van der Waals surface area contributed by atoms with Crippen LogP contribution >= 0.6 is 49.9 Å². The number of ether oxygens (including phenoxy) is 1. The number of rotatable bonds is 5. The van der Waals surface area contributed by atoms with E-state index in [1.165, 1.54) is 15.9 Å². The number of allylic oxidation sites excluding steroid dienone is 1. The molecule has 5 rings (SSSR count). The number of phenolic OH excluding ortho intramolecular Hbond substituents is 1. The topological polar surface area (TPSA) is 94.0 Å². The van der Waals surface area contributed by atoms with Crippen molar-refractivity contribution in [2.75, 3.05) is 6.61 Å². The smallest absolute Gasteiger partial charge is 0.338 e. The fraction of sp³-hybridized carbons (Fsp3) is 0.148. The number of benzene rings is 2. The first kappa shape index (κ1) is 25.7. The Morgan fingerprint density at radius 1 is 1.24 bits per heavy atom. The Morgan fingerprint density at radius 3 is 2.73 bits per heavy atom. The fourth-order valence-electron chi connectivity index (χ4n) is 4.11. The molecule has 37 heavy (non-hydrogen) atoms. The highest BCUT2D eigenvalue weighted by Gasteiger charge is 2.35. The zero-order chi connectivity index (χ0) is 26.3. The van der Waals surface area contributed by atoms with Gasteiger partial charge in [-0.25, -0.2) is 9.79 Å². The standard InChI is InChI=1S/C27H20BrIN2O5S/c1-3-35-26(34)23-14(2)30-27-31(25(33)22(37-27)13-16-12-18(29)8-9-19(16)32)24(23)21-11-10-20(36-21)15-4-6-17(28)7-5-15/h4-13,24,32H,3H2,1-2H3/b22-13-/t24-/m0/s1. The molecule has 1 atom stereocenters. The lowest BCUT2D eigenvalue weighted by molar-refractivity contribution is -0.139. The Bertz CT molecular complexity index is 1730. The number of esters is 1. The maximum absolute atomic E-state index is 13.7. The normalized spacial score (nSPS) is 15.5. The fourth-order valence-corrected chi connectivity index (χ4v) is 5.93. The third-order valence-electron chi connectivity index (χ3n) is 5.82. The lowest BCUT2D eigenvalue weighted by Gasteiger charge is -2.22. The van der Waals surface area contributed by atoms with Crippen LogP contribution in [0.2, 0.25) is 0 Å². The summed E-state index contributed by atoms with van der Waals surface area (Å²) >= 11 is 6.77. The van der Waals surface area contributed by atoms with Crippen molar-refractivity contribution in [3.05, 3.63) is 105 Å². The number of furan rings is 1. The van der Waals surface area contributed by atoms with E-state index in [0.717, 1.165) is 13.6 Å². The van der Waals surface area contributed by atoms with Gasteiger partial charge in [-0.2, -0.15) is 0 Å². The summed E-state index contributed by atoms with van der Waals surface area (Å²) < 4.78 is 15.3. The quantitative estimate of drug-likeness (QED) is 0.232. The Morgan fingerprint density at radius 2 is 2.00 bits per heavy atom. The Hall–Kier alpha value is -2.96. The lowest BCUT2D eigenvalue weighted by atomic mass is 10.0. The van der Waals surface area contributed by atoms with Crippen LogP contribution in [-0.4, -0.2) is 22.2 Å². The summed E-state index contributed by atoms with van der Waals surface area (Å²) in [5.41, 5.74) is 1.73. The van der Waals surface area contributed by atoms with Gasteiger partial charge in [-0.05, 0) is 85.0 Å². The van der Waals surface area contributed by atoms with Gasteiger partial charge in [-0.1, -0.05) is 39.4 Å². The van der Waals surface area contributed by atoms with Gasteiger partial charge in [0.1, 0.15) is 23.3 Å². The van der Waals surface area contributed by atoms with Crippen molar-refractivity contribution in [1.29, 1.82) is 0 Å². The molecule has 7 nitrogen and oxygen atoms in total. The van der Waals surface area contributed by atoms with Crippen molar-refractivity contribution in [3.8, 4) is 17.1 Å². The number of hydrogen-bond acceptors (Lipinski definition) is 7. The Kier molecular flexibility index (Phi) is 7.24. The molecule has 0 aliphatic carbocycles. The first-order valence-electron chi connectivity index (χ1n) is 11.3. The number of halogens is 2. The summed E-state index contributed by atoms with van der Waals surface area (Å²) in [4.78, 5) is 31.8. The van der Waals surface area contributed by atoms with E-state index in [4.69, 9.17) is 9.15 Å². The molecule has 0 amide bonds. The summed E-state index contributed by atoms with van der Waals surface area (Å²) in [5, 5.41) is 10.3. The molecular formula is C27H20BrIN2O5S. The number of carbonyl (C=O) groups excluding carboxylic acids is 1. The Balaban J connectivity index is 1.70. The van der Waals surface area contributed by atoms with Crippen molar-refractivity contribution >= 4 is 61.9 Å². The molecule has 0 unspecified atom stereocenters. The van der Waals surface area contributed by atoms with Gasteiger partial charge in [0.05, 0.1) is 22.4 Å². The zero-order valence-electron chi connectivity index (χ0n) is 19.7. The lowest BCUT2D eigenvalue weighted by Crippen LogP contribution is -2.39. The average molecular weight is 691 g/mol. The first-order chi connectivity index (χ1) is 17.8. The molecule has 0 fully saturated rings. The van der Waals surface area contributed by atoms with Crippen LogP contribution in [0.1, 0.15) is 31.2 Å². The second-order valence-electron chi connectivity index (χ2n) is 8.21. The second-order valence-corrected chi connectivity index (χ2v) is 11.4. The molecule has 2 aromatic heterocycles. The van der Waals surface area contributed by atoms with Crippen molar-refractivity contribution in [2.45, 2.75) is 19.9 Å². The summed E-state index contributed by atoms with van der Waals surface area (Å²) in [5.74, 6) is 0.530. The van der Waals surface area contributed by atoms with Crippen LogP contribution in [0.4, 0.5) is 0 Å². The van der Waals surface area contributed by atoms with E-state index in [0.29, 0.717) is 32.1 Å². The molecule has 10 heteroatoms. The minimum atomic E-state index is -0.855. The monoisotopic (exact) mass is 690 g/mol. The molecule has 0 spiro atoms. The highest BCUT2D eigenvalue weighted by atomic mass is 127. The number of phenols is 1. The summed E-state index contributed by atoms with van der Waals surface area (Å²) in [6, 6.07) is 15.5. The van der Waals surface area contributed by atoms with Crippen molar-refractivity contribution in [2.24, 2.45) is 4.99 Å². The van der Waals surface area contributed by atoms with Gasteiger partial charge in [-0.3, -0.25) is 9.36 Å². The number of thiazole rings is 1. The molecule has 3 heterocycles. The molecular weight excluding hydrogens is 671 g/mol. The van der Waals surface area contributed by atoms with E-state index < -0.39 is 12.0 Å². The van der Waals surface area contributed by atoms with Crippen molar-refractivity contribution in [1.82, 2.24) is 4.57 Å². The molecule has 0 bridgehead atoms. The van der Waals surface area contributed by atoms with Gasteiger partial charge < -0.3 is 14.3 Å². The van der Waals surface area contributed by atoms with Crippen LogP contribution in [0.15, 0.2) is 84.5 Å². The van der Waals surface area contributed by atoms with Crippen LogP contribution in [0.5, 0.6) is 5.75 Å². The SMILES string of the molecule is CCOC(=O)C1=C(C)N=c2s/c(=C\c3cc(I)ccc3O)c(=O)n2[C@H]1c1ccc(-c2ccc(Br)cc2)o1. The van der Waals surface area contributed by atoms with Gasteiger partial charge in [0.25, 0.3) is 5.56 Å². The number of fused-ring (bicyclic) bond motifs is 1. The van der Waals surface area contributed by atoms with Crippen LogP contribution in [0.3, 0.4) is 0 Å². The highest BCUT2D eigenvalue weighted by Crippen LogP contribution is 2.34. The molecule has 1 aliphatic heterocycles. The maximum atomic E-state index is 13.7. The molecule has 188 valence electrons. The molecule has 2 aromatic carbocycles. The predicted octanol–water partition coefficient (Wildman–Crippen LogP) is 5.13. The van der Waals surface area contributed by atoms with Crippen molar-refractivity contribution < 1.29 is 19.1 Å². The van der Waals surface area contributed by atoms with Crippen molar-refractivity contribution in [3.63, 3.8) is 0 Å². The molecule has 0 saturated carbocycles. The molecule has 0 saturated heterocycles. The van der Waals surface area contributed by atoms with E-state index >= 15 is 0 Å². The molecule has 4 aromatic rings. The van der Waals surface area contributed by atoms with Gasteiger partial charge in [-0.15, -0.1) is 0 Å². The van der Waals surface area contributed by atoms with Gasteiger partial charge in [0.2, 0.25) is 0 Å². The van der Waals surface area contributed by atoms with Crippen LogP contribution in [-0.2, 0) is 9.53 Å². The number of hydrogen-bond donors (Lipinski definition) is 1. The summed E-state index contributed by atoms with van der Waals surface area (Å²) in [6.07, 6.45) is 1.64. The third kappa shape index (κ3) is 4.97. The number of carbonyl (C=O) groups is 1. The maximum Gasteiger partial charge on any atom is 0.338 e. The molecule has 1 N–H and O–H groups in total. The Labute approximate surface area is 237 Å². The van der Waals surface area contributed by atoms with E-state index in [1.54, 1.807) is 44.2 Å². The zero-order valence-corrected chi connectivity index (χ0v) is 24.3. The van der Waals surface area contributed by atoms with Crippen LogP contribution < -0.4 is 14.9 Å². The number of aromatic hydroxyl groups is 1. The first-order valence-corrected chi connectivity index (χ1v) is 14.0.